The van der Waals surface area contributed by atoms with Gasteiger partial charge in [0.25, 0.3) is 5.91 Å². The molecule has 0 fully saturated rings. The summed E-state index contributed by atoms with van der Waals surface area (Å²) in [6.07, 6.45) is 2.68. The molecule has 21 heavy (non-hydrogen) atoms. The molecule has 0 saturated carbocycles. The summed E-state index contributed by atoms with van der Waals surface area (Å²) in [7, 11) is -3.44. The van der Waals surface area contributed by atoms with Gasteiger partial charge in [0.1, 0.15) is 0 Å². The molecule has 1 amide bonds. The second-order valence-electron chi connectivity index (χ2n) is 4.25. The van der Waals surface area contributed by atoms with Crippen molar-refractivity contribution >= 4 is 32.4 Å². The normalized spacial score (nSPS) is 11.1. The number of benzene rings is 1. The number of nitrogen functional groups attached to an aromatic ring is 1. The van der Waals surface area contributed by atoms with Crippen molar-refractivity contribution in [1.82, 2.24) is 10.4 Å². The number of nitrogens with one attached hydrogen (secondary N) is 1. The summed E-state index contributed by atoms with van der Waals surface area (Å²) < 4.78 is 25.0. The van der Waals surface area contributed by atoms with Gasteiger partial charge in [-0.15, -0.1) is 11.3 Å². The van der Waals surface area contributed by atoms with Crippen LogP contribution in [-0.2, 0) is 16.6 Å². The highest BCUT2D eigenvalue weighted by Gasteiger charge is 2.20. The highest BCUT2D eigenvalue weighted by atomic mass is 32.2. The lowest BCUT2D eigenvalue weighted by Gasteiger charge is -2.19. The van der Waals surface area contributed by atoms with Crippen LogP contribution >= 0.6 is 11.3 Å². The summed E-state index contributed by atoms with van der Waals surface area (Å²) in [6, 6.07) is 6.52. The molecule has 0 radical (unpaired) electrons. The van der Waals surface area contributed by atoms with Crippen molar-refractivity contribution in [3.8, 4) is 0 Å². The van der Waals surface area contributed by atoms with E-state index in [0.717, 1.165) is 11.8 Å². The first kappa shape index (κ1) is 15.4. The minimum absolute atomic E-state index is 0.150. The topological polar surface area (TPSA) is 105 Å². The average Bonchev–Trinajstić information content (AvgIpc) is 2.97. The maximum atomic E-state index is 11.9. The number of hydrazine groups is 1. The lowest BCUT2D eigenvalue weighted by Crippen LogP contribution is -2.30. The number of carbonyl (C=O) groups is 1. The largest absolute Gasteiger partial charge is 0.290 e. The van der Waals surface area contributed by atoms with Gasteiger partial charge in [-0.25, -0.2) is 23.5 Å². The number of rotatable bonds is 5. The van der Waals surface area contributed by atoms with Gasteiger partial charge in [-0.05, 0) is 17.7 Å². The molecule has 0 aliphatic heterocycles. The van der Waals surface area contributed by atoms with E-state index < -0.39 is 15.9 Å². The monoisotopic (exact) mass is 326 g/mol. The Hall–Kier alpha value is -1.97. The average molecular weight is 326 g/mol. The first-order chi connectivity index (χ1) is 9.91. The summed E-state index contributed by atoms with van der Waals surface area (Å²) in [6.45, 7) is 0.150. The smallest absolute Gasteiger partial charge is 0.265 e. The van der Waals surface area contributed by atoms with E-state index in [1.54, 1.807) is 35.8 Å². The molecule has 2 rings (SSSR count). The number of nitrogens with zero attached hydrogens (tertiary/aromatic N) is 2. The number of sulfonamides is 1. The second kappa shape index (κ2) is 6.20. The van der Waals surface area contributed by atoms with E-state index in [-0.39, 0.29) is 6.54 Å². The molecular formula is C12H14N4O3S2. The molecule has 7 nitrogen and oxygen atoms in total. The van der Waals surface area contributed by atoms with Gasteiger partial charge in [0.05, 0.1) is 12.8 Å². The molecule has 1 aromatic carbocycles. The van der Waals surface area contributed by atoms with Crippen molar-refractivity contribution in [2.45, 2.75) is 6.54 Å². The molecule has 0 spiro atoms. The predicted octanol–water partition coefficient (Wildman–Crippen LogP) is 0.713. The van der Waals surface area contributed by atoms with Gasteiger partial charge in [0.15, 0.2) is 5.13 Å². The molecule has 0 aliphatic carbocycles. The summed E-state index contributed by atoms with van der Waals surface area (Å²) >= 11 is 1.24. The molecule has 3 N–H and O–H groups in total. The Kier molecular flexibility index (Phi) is 4.56. The number of hydrogen-bond donors (Lipinski definition) is 2. The highest BCUT2D eigenvalue weighted by Crippen LogP contribution is 2.22. The highest BCUT2D eigenvalue weighted by molar-refractivity contribution is 7.92. The van der Waals surface area contributed by atoms with Crippen LogP contribution in [0.25, 0.3) is 0 Å². The van der Waals surface area contributed by atoms with Crippen LogP contribution in [0.1, 0.15) is 15.9 Å². The van der Waals surface area contributed by atoms with Crippen molar-refractivity contribution < 1.29 is 13.2 Å². The molecule has 1 heterocycles. The Labute approximate surface area is 126 Å². The fraction of sp³-hybridized carbons (Fsp3) is 0.167. The van der Waals surface area contributed by atoms with Crippen LogP contribution in [-0.4, -0.2) is 25.6 Å². The standard InChI is InChI=1S/C12H14N4O3S2/c1-21(18,19)16(12-14-6-7-20-12)8-9-2-4-10(5-3-9)11(17)15-13/h2-7H,8,13H2,1H3,(H,15,17). The zero-order chi connectivity index (χ0) is 15.5. The van der Waals surface area contributed by atoms with Crippen LogP contribution in [0.4, 0.5) is 5.13 Å². The van der Waals surface area contributed by atoms with Crippen LogP contribution < -0.4 is 15.6 Å². The number of amides is 1. The van der Waals surface area contributed by atoms with E-state index in [0.29, 0.717) is 10.7 Å². The van der Waals surface area contributed by atoms with Crippen LogP contribution in [0.2, 0.25) is 0 Å². The Morgan fingerprint density at radius 2 is 2.05 bits per heavy atom. The van der Waals surface area contributed by atoms with E-state index in [4.69, 9.17) is 5.84 Å². The van der Waals surface area contributed by atoms with Gasteiger partial charge < -0.3 is 0 Å². The van der Waals surface area contributed by atoms with Crippen molar-refractivity contribution in [2.24, 2.45) is 5.84 Å². The van der Waals surface area contributed by atoms with Gasteiger partial charge in [0, 0.05) is 17.1 Å². The number of anilines is 1. The van der Waals surface area contributed by atoms with Crippen LogP contribution in [0.5, 0.6) is 0 Å². The second-order valence-corrected chi connectivity index (χ2v) is 7.03. The van der Waals surface area contributed by atoms with Crippen LogP contribution in [0.3, 0.4) is 0 Å². The van der Waals surface area contributed by atoms with E-state index in [1.165, 1.54) is 15.6 Å². The minimum Gasteiger partial charge on any atom is -0.290 e. The summed E-state index contributed by atoms with van der Waals surface area (Å²) in [4.78, 5) is 15.4. The molecule has 0 aliphatic rings. The molecule has 9 heteroatoms. The first-order valence-corrected chi connectivity index (χ1v) is 8.61. The summed E-state index contributed by atoms with van der Waals surface area (Å²) in [5.41, 5.74) is 3.18. The third kappa shape index (κ3) is 3.78. The number of thiazole rings is 1. The molecule has 0 saturated heterocycles. The molecule has 0 atom stereocenters. The van der Waals surface area contributed by atoms with Crippen molar-refractivity contribution in [3.63, 3.8) is 0 Å². The van der Waals surface area contributed by atoms with Gasteiger partial charge in [-0.3, -0.25) is 10.2 Å². The number of aromatic nitrogens is 1. The maximum absolute atomic E-state index is 11.9. The zero-order valence-electron chi connectivity index (χ0n) is 11.2. The van der Waals surface area contributed by atoms with E-state index in [1.807, 2.05) is 5.43 Å². The third-order valence-electron chi connectivity index (χ3n) is 2.71. The molecular weight excluding hydrogens is 312 g/mol. The van der Waals surface area contributed by atoms with E-state index in [2.05, 4.69) is 4.98 Å². The number of hydrogen-bond acceptors (Lipinski definition) is 6. The molecule has 2 aromatic rings. The van der Waals surface area contributed by atoms with Crippen molar-refractivity contribution in [2.75, 3.05) is 10.6 Å². The Bertz CT molecular complexity index is 711. The first-order valence-electron chi connectivity index (χ1n) is 5.89. The van der Waals surface area contributed by atoms with E-state index >= 15 is 0 Å². The lowest BCUT2D eigenvalue weighted by atomic mass is 10.1. The predicted molar refractivity (Wildman–Crippen MR) is 81.2 cm³/mol. The summed E-state index contributed by atoms with van der Waals surface area (Å²) in [5, 5.41) is 2.11. The number of carbonyl (C=O) groups excluding carboxylic acids is 1. The van der Waals surface area contributed by atoms with Gasteiger partial charge in [-0.2, -0.15) is 0 Å². The van der Waals surface area contributed by atoms with Crippen molar-refractivity contribution in [3.05, 3.63) is 47.0 Å². The summed E-state index contributed by atoms with van der Waals surface area (Å²) in [5.74, 6) is 4.65. The molecule has 1 aromatic heterocycles. The molecule has 0 unspecified atom stereocenters. The Morgan fingerprint density at radius 3 is 2.52 bits per heavy atom. The van der Waals surface area contributed by atoms with Crippen LogP contribution in [0.15, 0.2) is 35.8 Å². The fourth-order valence-corrected chi connectivity index (χ4v) is 3.47. The van der Waals surface area contributed by atoms with Gasteiger partial charge in [0.2, 0.25) is 10.0 Å². The zero-order valence-corrected chi connectivity index (χ0v) is 12.8. The molecule has 0 bridgehead atoms. The van der Waals surface area contributed by atoms with Crippen molar-refractivity contribution in [1.29, 1.82) is 0 Å². The third-order valence-corrected chi connectivity index (χ3v) is 4.72. The Balaban J connectivity index is 2.24. The fourth-order valence-electron chi connectivity index (χ4n) is 1.68. The SMILES string of the molecule is CS(=O)(=O)N(Cc1ccc(C(=O)NN)cc1)c1nccs1. The van der Waals surface area contributed by atoms with Crippen LogP contribution in [0, 0.1) is 0 Å². The maximum Gasteiger partial charge on any atom is 0.265 e. The lowest BCUT2D eigenvalue weighted by molar-refractivity contribution is 0.0953. The van der Waals surface area contributed by atoms with E-state index in [9.17, 15) is 13.2 Å². The quantitative estimate of drug-likeness (QED) is 0.478. The number of nitrogens with two attached hydrogens (primary N) is 1. The van der Waals surface area contributed by atoms with Gasteiger partial charge in [-0.1, -0.05) is 12.1 Å². The Morgan fingerprint density at radius 1 is 1.38 bits per heavy atom. The van der Waals surface area contributed by atoms with Gasteiger partial charge >= 0.3 is 0 Å². The minimum atomic E-state index is -3.44. The molecule has 112 valence electrons.